The van der Waals surface area contributed by atoms with Gasteiger partial charge in [-0.1, -0.05) is 0 Å². The zero-order chi connectivity index (χ0) is 20.6. The van der Waals surface area contributed by atoms with Gasteiger partial charge < -0.3 is 42.0 Å². The van der Waals surface area contributed by atoms with Crippen LogP contribution in [-0.4, -0.2) is 68.6 Å². The van der Waals surface area contributed by atoms with E-state index >= 15 is 0 Å². The second-order valence-electron chi connectivity index (χ2n) is 6.61. The number of primary amides is 1. The molecule has 1 saturated heterocycles. The number of hydrogen-bond acceptors (Lipinski definition) is 10. The molecule has 2 aliphatic heterocycles. The molecule has 5 atom stereocenters. The maximum absolute atomic E-state index is 12.1. The molecule has 0 bridgehead atoms. The predicted octanol–water partition coefficient (Wildman–Crippen LogP) is -2.14. The molecule has 2 heterocycles. The van der Waals surface area contributed by atoms with Gasteiger partial charge in [0.2, 0.25) is 5.91 Å². The summed E-state index contributed by atoms with van der Waals surface area (Å²) in [7, 11) is 0. The molecular weight excluding hydrogens is 372 g/mol. The van der Waals surface area contributed by atoms with Crippen molar-refractivity contribution in [1.82, 2.24) is 9.80 Å². The van der Waals surface area contributed by atoms with Crippen LogP contribution in [0.3, 0.4) is 0 Å². The van der Waals surface area contributed by atoms with E-state index in [4.69, 9.17) is 21.9 Å². The van der Waals surface area contributed by atoms with Crippen molar-refractivity contribution in [3.8, 4) is 0 Å². The van der Waals surface area contributed by atoms with Crippen molar-refractivity contribution in [2.75, 3.05) is 13.2 Å². The van der Waals surface area contributed by atoms with E-state index in [1.807, 2.05) is 0 Å². The van der Waals surface area contributed by atoms with E-state index < -0.39 is 41.4 Å². The molecule has 8 N–H and O–H groups in total. The fourth-order valence-corrected chi connectivity index (χ4v) is 3.41. The smallest absolute Gasteiger partial charge is 0.269 e. The molecule has 0 aromatic heterocycles. The van der Waals surface area contributed by atoms with E-state index in [9.17, 15) is 25.1 Å². The van der Waals surface area contributed by atoms with Gasteiger partial charge in [-0.3, -0.25) is 14.9 Å². The van der Waals surface area contributed by atoms with E-state index in [0.717, 1.165) is 0 Å². The molecule has 0 aliphatic carbocycles. The minimum absolute atomic E-state index is 0.0165. The summed E-state index contributed by atoms with van der Waals surface area (Å²) in [6.07, 6.45) is -2.64. The highest BCUT2D eigenvalue weighted by Crippen LogP contribution is 2.32. The Balaban J connectivity index is 1.81. The number of amides is 1. The van der Waals surface area contributed by atoms with Crippen molar-refractivity contribution >= 4 is 11.6 Å². The van der Waals surface area contributed by atoms with Gasteiger partial charge in [-0.05, 0) is 17.7 Å². The largest absolute Gasteiger partial charge is 0.387 e. The van der Waals surface area contributed by atoms with Crippen molar-refractivity contribution < 1.29 is 24.7 Å². The second kappa shape index (κ2) is 7.59. The standard InChI is InChI=1S/C16H22N6O6/c17-5-10-13(23)14(24)16(28-10)21-7-20(6-11(21)18)12(15(19)25)8-1-3-9(4-2-8)22(26)27/h1-4,6,10,12-14,16,23-24H,5,7,17-18H2,(H2,19,25)/t10-,12?,13-,14-,16-/m1/s1. The Labute approximate surface area is 159 Å². The lowest BCUT2D eigenvalue weighted by atomic mass is 10.0. The zero-order valence-electron chi connectivity index (χ0n) is 14.8. The lowest BCUT2D eigenvalue weighted by Crippen LogP contribution is -2.46. The summed E-state index contributed by atoms with van der Waals surface area (Å²) < 4.78 is 5.59. The normalized spacial score (nSPS) is 28.3. The summed E-state index contributed by atoms with van der Waals surface area (Å²) in [6, 6.07) is 4.49. The number of ether oxygens (including phenoxy) is 1. The molecule has 1 amide bonds. The molecule has 28 heavy (non-hydrogen) atoms. The fourth-order valence-electron chi connectivity index (χ4n) is 3.41. The minimum Gasteiger partial charge on any atom is -0.387 e. The first kappa shape index (κ1) is 19.8. The number of benzene rings is 1. The Bertz CT molecular complexity index is 786. The van der Waals surface area contributed by atoms with E-state index in [2.05, 4.69) is 0 Å². The molecule has 0 spiro atoms. The van der Waals surface area contributed by atoms with Crippen molar-refractivity contribution in [1.29, 1.82) is 0 Å². The van der Waals surface area contributed by atoms with Gasteiger partial charge in [0.05, 0.1) is 11.6 Å². The third-order valence-electron chi connectivity index (χ3n) is 4.84. The molecule has 1 fully saturated rings. The third kappa shape index (κ3) is 3.45. The van der Waals surface area contributed by atoms with Crippen LogP contribution in [-0.2, 0) is 9.53 Å². The number of hydrogen-bond donors (Lipinski definition) is 5. The van der Waals surface area contributed by atoms with E-state index in [1.165, 1.54) is 40.3 Å². The van der Waals surface area contributed by atoms with Gasteiger partial charge in [0.1, 0.15) is 30.2 Å². The van der Waals surface area contributed by atoms with Gasteiger partial charge in [-0.15, -0.1) is 0 Å². The van der Waals surface area contributed by atoms with Crippen LogP contribution in [0.1, 0.15) is 11.6 Å². The molecule has 12 heteroatoms. The Kier molecular flexibility index (Phi) is 5.38. The van der Waals surface area contributed by atoms with Gasteiger partial charge in [0.15, 0.2) is 6.23 Å². The van der Waals surface area contributed by atoms with Crippen LogP contribution in [0, 0.1) is 10.1 Å². The van der Waals surface area contributed by atoms with Crippen LogP contribution < -0.4 is 17.2 Å². The molecule has 152 valence electrons. The summed E-state index contributed by atoms with van der Waals surface area (Å²) >= 11 is 0. The number of nitro benzene ring substituents is 1. The maximum Gasteiger partial charge on any atom is 0.269 e. The Morgan fingerprint density at radius 1 is 1.32 bits per heavy atom. The van der Waals surface area contributed by atoms with Crippen molar-refractivity contribution in [2.45, 2.75) is 30.6 Å². The molecule has 0 radical (unpaired) electrons. The maximum atomic E-state index is 12.1. The fraction of sp³-hybridized carbons (Fsp3) is 0.438. The third-order valence-corrected chi connectivity index (χ3v) is 4.84. The molecule has 12 nitrogen and oxygen atoms in total. The Morgan fingerprint density at radius 2 is 1.96 bits per heavy atom. The summed E-state index contributed by atoms with van der Waals surface area (Å²) in [5.41, 5.74) is 17.4. The molecule has 1 aromatic carbocycles. The molecule has 3 rings (SSSR count). The molecule has 0 saturated carbocycles. The van der Waals surface area contributed by atoms with Crippen molar-refractivity contribution in [3.63, 3.8) is 0 Å². The predicted molar refractivity (Wildman–Crippen MR) is 95.6 cm³/mol. The number of nitrogens with two attached hydrogens (primary N) is 3. The molecule has 1 aromatic rings. The molecular formula is C16H22N6O6. The average Bonchev–Trinajstić information content (AvgIpc) is 3.15. The number of carbonyl (C=O) groups is 1. The van der Waals surface area contributed by atoms with Crippen molar-refractivity contribution in [3.05, 3.63) is 52.0 Å². The van der Waals surface area contributed by atoms with Gasteiger partial charge in [0, 0.05) is 24.9 Å². The summed E-state index contributed by atoms with van der Waals surface area (Å²) in [5.74, 6) is -0.491. The molecule has 1 unspecified atom stereocenters. The second-order valence-corrected chi connectivity index (χ2v) is 6.61. The van der Waals surface area contributed by atoms with Crippen molar-refractivity contribution in [2.24, 2.45) is 17.2 Å². The Morgan fingerprint density at radius 3 is 2.46 bits per heavy atom. The number of nitro groups is 1. The van der Waals surface area contributed by atoms with Crippen LogP contribution >= 0.6 is 0 Å². The monoisotopic (exact) mass is 394 g/mol. The van der Waals surface area contributed by atoms with Gasteiger partial charge in [-0.25, -0.2) is 0 Å². The van der Waals surface area contributed by atoms with Crippen LogP contribution in [0.15, 0.2) is 36.3 Å². The highest BCUT2D eigenvalue weighted by Gasteiger charge is 2.47. The van der Waals surface area contributed by atoms with Gasteiger partial charge in [0.25, 0.3) is 5.69 Å². The highest BCUT2D eigenvalue weighted by atomic mass is 16.6. The first-order valence-electron chi connectivity index (χ1n) is 8.49. The lowest BCUT2D eigenvalue weighted by Gasteiger charge is -2.32. The van der Waals surface area contributed by atoms with Crippen LogP contribution in [0.25, 0.3) is 0 Å². The van der Waals surface area contributed by atoms with Crippen LogP contribution in [0.5, 0.6) is 0 Å². The van der Waals surface area contributed by atoms with E-state index in [0.29, 0.717) is 5.56 Å². The van der Waals surface area contributed by atoms with Crippen LogP contribution in [0.4, 0.5) is 5.69 Å². The first-order valence-corrected chi connectivity index (χ1v) is 8.49. The number of rotatable bonds is 6. The number of nitrogens with zero attached hydrogens (tertiary/aromatic N) is 3. The average molecular weight is 394 g/mol. The Hall–Kier alpha value is -2.93. The minimum atomic E-state index is -1.24. The highest BCUT2D eigenvalue weighted by molar-refractivity contribution is 5.81. The van der Waals surface area contributed by atoms with Gasteiger partial charge in [-0.2, -0.15) is 0 Å². The summed E-state index contributed by atoms with van der Waals surface area (Å²) in [4.78, 5) is 25.4. The number of non-ortho nitro benzene ring substituents is 1. The quantitative estimate of drug-likeness (QED) is 0.262. The topological polar surface area (TPSA) is 194 Å². The lowest BCUT2D eigenvalue weighted by molar-refractivity contribution is -0.384. The summed E-state index contributed by atoms with van der Waals surface area (Å²) in [6.45, 7) is 0.0603. The molecule has 2 aliphatic rings. The SMILES string of the molecule is NC[C@H]1O[C@@H](N2CN(C(C(N)=O)c3ccc([N+](=O)[O-])cc3)C=C2N)[C@H](O)[C@@H]1O. The first-order chi connectivity index (χ1) is 13.2. The van der Waals surface area contributed by atoms with Crippen LogP contribution in [0.2, 0.25) is 0 Å². The van der Waals surface area contributed by atoms with E-state index in [1.54, 1.807) is 0 Å². The number of aliphatic hydroxyl groups is 2. The number of carbonyl (C=O) groups excluding carboxylic acids is 1. The van der Waals surface area contributed by atoms with E-state index in [-0.39, 0.29) is 24.7 Å². The number of aliphatic hydroxyl groups excluding tert-OH is 2. The summed E-state index contributed by atoms with van der Waals surface area (Å²) in [5, 5.41) is 31.1. The zero-order valence-corrected chi connectivity index (χ0v) is 14.8. The van der Waals surface area contributed by atoms with Gasteiger partial charge >= 0.3 is 0 Å².